The van der Waals surface area contributed by atoms with Gasteiger partial charge in [0.2, 0.25) is 5.91 Å². The van der Waals surface area contributed by atoms with E-state index >= 15 is 0 Å². The predicted octanol–water partition coefficient (Wildman–Crippen LogP) is 3.67. The molecule has 0 fully saturated rings. The van der Waals surface area contributed by atoms with E-state index in [1.807, 2.05) is 13.8 Å². The molecule has 1 heterocycles. The summed E-state index contributed by atoms with van der Waals surface area (Å²) >= 11 is 1.59. The fraction of sp³-hybridized carbons (Fsp3) is 0.733. The van der Waals surface area contributed by atoms with Gasteiger partial charge in [-0.2, -0.15) is 0 Å². The first-order chi connectivity index (χ1) is 9.29. The highest BCUT2D eigenvalue weighted by Gasteiger charge is 2.33. The number of nitrogens with two attached hydrogens (primary N) is 1. The fourth-order valence-electron chi connectivity index (χ4n) is 2.03. The predicted molar refractivity (Wildman–Crippen MR) is 99.2 cm³/mol. The van der Waals surface area contributed by atoms with Gasteiger partial charge < -0.3 is 11.1 Å². The maximum absolute atomic E-state index is 12.3. The van der Waals surface area contributed by atoms with Crippen LogP contribution in [0.1, 0.15) is 58.2 Å². The number of carbonyl (C=O) groups is 1. The van der Waals surface area contributed by atoms with Gasteiger partial charge in [0.15, 0.2) is 0 Å². The van der Waals surface area contributed by atoms with Crippen molar-refractivity contribution < 1.29 is 4.79 Å². The molecule has 22 heavy (non-hydrogen) atoms. The number of nitrogens with zero attached hydrogens (tertiary/aromatic N) is 1. The van der Waals surface area contributed by atoms with Crippen molar-refractivity contribution in [1.29, 1.82) is 0 Å². The van der Waals surface area contributed by atoms with E-state index in [9.17, 15) is 4.79 Å². The molecule has 0 aromatic carbocycles. The summed E-state index contributed by atoms with van der Waals surface area (Å²) < 4.78 is 0. The van der Waals surface area contributed by atoms with Crippen molar-refractivity contribution in [3.8, 4) is 0 Å². The van der Waals surface area contributed by atoms with E-state index in [1.165, 1.54) is 0 Å². The normalized spacial score (nSPS) is 11.4. The summed E-state index contributed by atoms with van der Waals surface area (Å²) in [5.41, 5.74) is 6.47. The van der Waals surface area contributed by atoms with E-state index in [1.54, 1.807) is 11.3 Å². The summed E-state index contributed by atoms with van der Waals surface area (Å²) in [6, 6.07) is 0. The number of halogens is 2. The SMILES string of the molecule is CCC(CC)(CN)C(=O)NCc1nc(C(C)(C)C)cs1.Cl.Cl. The Hall–Kier alpha value is -0.360. The molecule has 0 spiro atoms. The summed E-state index contributed by atoms with van der Waals surface area (Å²) in [7, 11) is 0. The summed E-state index contributed by atoms with van der Waals surface area (Å²) in [6.07, 6.45) is 1.52. The number of amides is 1. The molecule has 0 aliphatic carbocycles. The van der Waals surface area contributed by atoms with Crippen molar-refractivity contribution in [2.75, 3.05) is 6.54 Å². The maximum Gasteiger partial charge on any atom is 0.227 e. The second kappa shape index (κ2) is 9.71. The van der Waals surface area contributed by atoms with Crippen LogP contribution < -0.4 is 11.1 Å². The van der Waals surface area contributed by atoms with Gasteiger partial charge in [-0.3, -0.25) is 4.79 Å². The van der Waals surface area contributed by atoms with Crippen LogP contribution in [0, 0.1) is 5.41 Å². The molecule has 0 aliphatic heterocycles. The van der Waals surface area contributed by atoms with Crippen LogP contribution in [-0.4, -0.2) is 17.4 Å². The molecule has 0 radical (unpaired) electrons. The van der Waals surface area contributed by atoms with Crippen LogP contribution in [-0.2, 0) is 16.8 Å². The molecule has 1 aromatic rings. The molecule has 130 valence electrons. The van der Waals surface area contributed by atoms with E-state index in [-0.39, 0.29) is 36.1 Å². The van der Waals surface area contributed by atoms with Crippen molar-refractivity contribution in [2.24, 2.45) is 11.1 Å². The number of carbonyl (C=O) groups excluding carboxylic acids is 1. The van der Waals surface area contributed by atoms with Crippen LogP contribution >= 0.6 is 36.2 Å². The van der Waals surface area contributed by atoms with Crippen molar-refractivity contribution >= 4 is 42.1 Å². The lowest BCUT2D eigenvalue weighted by Gasteiger charge is -2.28. The molecule has 0 saturated heterocycles. The van der Waals surface area contributed by atoms with E-state index in [0.717, 1.165) is 23.5 Å². The molecule has 3 N–H and O–H groups in total. The van der Waals surface area contributed by atoms with Gasteiger partial charge in [0, 0.05) is 17.3 Å². The minimum absolute atomic E-state index is 0. The van der Waals surface area contributed by atoms with Crippen molar-refractivity contribution in [3.63, 3.8) is 0 Å². The standard InChI is InChI=1S/C15H27N3OS.2ClH/c1-6-15(7-2,10-16)13(19)17-8-12-18-11(9-20-12)14(3,4)5;;/h9H,6-8,10,16H2,1-5H3,(H,17,19);2*1H. The smallest absolute Gasteiger partial charge is 0.227 e. The summed E-state index contributed by atoms with van der Waals surface area (Å²) in [5.74, 6) is 0.0394. The lowest BCUT2D eigenvalue weighted by atomic mass is 9.81. The third kappa shape index (κ3) is 5.69. The third-order valence-corrected chi connectivity index (χ3v) is 4.80. The first-order valence-corrected chi connectivity index (χ1v) is 8.10. The van der Waals surface area contributed by atoms with Crippen molar-refractivity contribution in [2.45, 2.75) is 59.4 Å². The van der Waals surface area contributed by atoms with Gasteiger partial charge in [-0.25, -0.2) is 4.98 Å². The molecule has 1 aromatic heterocycles. The molecule has 0 atom stereocenters. The molecule has 4 nitrogen and oxygen atoms in total. The van der Waals surface area contributed by atoms with Gasteiger partial charge in [-0.05, 0) is 12.8 Å². The Bertz CT molecular complexity index is 446. The quantitative estimate of drug-likeness (QED) is 0.803. The molecule has 1 amide bonds. The van der Waals surface area contributed by atoms with Gasteiger partial charge in [-0.15, -0.1) is 36.2 Å². The second-order valence-electron chi connectivity index (χ2n) is 6.25. The summed E-state index contributed by atoms with van der Waals surface area (Å²) in [6.45, 7) is 11.3. The Labute approximate surface area is 150 Å². The van der Waals surface area contributed by atoms with Gasteiger partial charge in [-0.1, -0.05) is 34.6 Å². The molecular formula is C15H29Cl2N3OS. The molecule has 0 unspecified atom stereocenters. The van der Waals surface area contributed by atoms with Gasteiger partial charge >= 0.3 is 0 Å². The number of thiazole rings is 1. The van der Waals surface area contributed by atoms with Crippen LogP contribution in [0.5, 0.6) is 0 Å². The van der Waals surface area contributed by atoms with Gasteiger partial charge in [0.1, 0.15) is 5.01 Å². The van der Waals surface area contributed by atoms with E-state index < -0.39 is 5.41 Å². The van der Waals surface area contributed by atoms with Crippen LogP contribution in [0.25, 0.3) is 0 Å². The molecule has 1 rings (SSSR count). The highest BCUT2D eigenvalue weighted by Crippen LogP contribution is 2.26. The zero-order valence-electron chi connectivity index (χ0n) is 14.1. The Morgan fingerprint density at radius 2 is 1.82 bits per heavy atom. The van der Waals surface area contributed by atoms with Crippen LogP contribution in [0.4, 0.5) is 0 Å². The molecule has 0 aliphatic rings. The van der Waals surface area contributed by atoms with Crippen LogP contribution in [0.2, 0.25) is 0 Å². The Kier molecular flexibility index (Phi) is 10.5. The largest absolute Gasteiger partial charge is 0.349 e. The van der Waals surface area contributed by atoms with Crippen LogP contribution in [0.15, 0.2) is 5.38 Å². The fourth-order valence-corrected chi connectivity index (χ4v) is 2.99. The number of rotatable bonds is 6. The molecule has 0 bridgehead atoms. The minimum atomic E-state index is -0.440. The van der Waals surface area contributed by atoms with Gasteiger partial charge in [0.25, 0.3) is 0 Å². The maximum atomic E-state index is 12.3. The number of aromatic nitrogens is 1. The average Bonchev–Trinajstić information content (AvgIpc) is 2.88. The lowest BCUT2D eigenvalue weighted by Crippen LogP contribution is -2.45. The minimum Gasteiger partial charge on any atom is -0.349 e. The topological polar surface area (TPSA) is 68.0 Å². The second-order valence-corrected chi connectivity index (χ2v) is 7.19. The average molecular weight is 370 g/mol. The van der Waals surface area contributed by atoms with Crippen molar-refractivity contribution in [1.82, 2.24) is 10.3 Å². The Morgan fingerprint density at radius 3 is 2.18 bits per heavy atom. The Balaban J connectivity index is 0. The summed E-state index contributed by atoms with van der Waals surface area (Å²) in [5, 5.41) is 6.00. The lowest BCUT2D eigenvalue weighted by molar-refractivity contribution is -0.131. The number of nitrogens with one attached hydrogen (secondary N) is 1. The molecular weight excluding hydrogens is 341 g/mol. The third-order valence-electron chi connectivity index (χ3n) is 3.95. The molecule has 7 heteroatoms. The zero-order chi connectivity index (χ0) is 15.4. The monoisotopic (exact) mass is 369 g/mol. The first kappa shape index (κ1) is 23.9. The number of hydrogen-bond acceptors (Lipinski definition) is 4. The molecule has 0 saturated carbocycles. The Morgan fingerprint density at radius 1 is 1.27 bits per heavy atom. The van der Waals surface area contributed by atoms with E-state index in [4.69, 9.17) is 5.73 Å². The zero-order valence-corrected chi connectivity index (χ0v) is 16.5. The first-order valence-electron chi connectivity index (χ1n) is 7.22. The van der Waals surface area contributed by atoms with Crippen molar-refractivity contribution in [3.05, 3.63) is 16.1 Å². The number of hydrogen-bond donors (Lipinski definition) is 2. The van der Waals surface area contributed by atoms with Gasteiger partial charge in [0.05, 0.1) is 17.7 Å². The highest BCUT2D eigenvalue weighted by atomic mass is 35.5. The van der Waals surface area contributed by atoms with E-state index in [2.05, 4.69) is 36.5 Å². The van der Waals surface area contributed by atoms with E-state index in [0.29, 0.717) is 13.1 Å². The van der Waals surface area contributed by atoms with Crippen LogP contribution in [0.3, 0.4) is 0 Å². The highest BCUT2D eigenvalue weighted by molar-refractivity contribution is 7.09. The summed E-state index contributed by atoms with van der Waals surface area (Å²) in [4.78, 5) is 16.9.